The number of halogens is 1. The minimum absolute atomic E-state index is 0.0336. The van der Waals surface area contributed by atoms with Gasteiger partial charge in [0.1, 0.15) is 0 Å². The van der Waals surface area contributed by atoms with Crippen LogP contribution in [0, 0.1) is 30.9 Å². The molecule has 0 fully saturated rings. The summed E-state index contributed by atoms with van der Waals surface area (Å²) in [4.78, 5) is 35.0. The third-order valence-corrected chi connectivity index (χ3v) is 4.46. The minimum Gasteiger partial charge on any atom is -0.451 e. The fourth-order valence-corrected chi connectivity index (χ4v) is 2.76. The highest BCUT2D eigenvalue weighted by molar-refractivity contribution is 6.33. The molecule has 0 unspecified atom stereocenters. The Morgan fingerprint density at radius 2 is 1.65 bits per heavy atom. The Labute approximate surface area is 155 Å². The molecule has 0 aliphatic rings. The first-order chi connectivity index (χ1) is 12.1. The largest absolute Gasteiger partial charge is 0.451 e. The Kier molecular flexibility index (Phi) is 5.77. The summed E-state index contributed by atoms with van der Waals surface area (Å²) in [5, 5.41) is 10.6. The number of ketones is 1. The molecule has 0 saturated carbocycles. The van der Waals surface area contributed by atoms with Crippen molar-refractivity contribution in [3.63, 3.8) is 0 Å². The molecule has 0 radical (unpaired) electrons. The van der Waals surface area contributed by atoms with Crippen molar-refractivity contribution in [2.45, 2.75) is 33.8 Å². The number of aryl methyl sites for hydroxylation is 3. The molecule has 0 spiro atoms. The van der Waals surface area contributed by atoms with Gasteiger partial charge in [-0.05, 0) is 56.5 Å². The summed E-state index contributed by atoms with van der Waals surface area (Å²) in [5.41, 5.74) is 3.06. The van der Waals surface area contributed by atoms with Crippen molar-refractivity contribution >= 4 is 29.0 Å². The molecule has 0 bridgehead atoms. The van der Waals surface area contributed by atoms with E-state index in [0.29, 0.717) is 5.56 Å². The van der Waals surface area contributed by atoms with Crippen molar-refractivity contribution in [2.75, 3.05) is 0 Å². The van der Waals surface area contributed by atoms with E-state index in [2.05, 4.69) is 0 Å². The van der Waals surface area contributed by atoms with Crippen LogP contribution in [0.4, 0.5) is 5.69 Å². The lowest BCUT2D eigenvalue weighted by molar-refractivity contribution is -0.384. The van der Waals surface area contributed by atoms with Gasteiger partial charge in [-0.3, -0.25) is 14.9 Å². The van der Waals surface area contributed by atoms with Gasteiger partial charge in [0, 0.05) is 17.7 Å². The fraction of sp³-hybridized carbons (Fsp3) is 0.263. The lowest BCUT2D eigenvalue weighted by Crippen LogP contribution is -2.25. The summed E-state index contributed by atoms with van der Waals surface area (Å²) in [5.74, 6) is -1.13. The third kappa shape index (κ3) is 4.08. The first kappa shape index (κ1) is 19.6. The van der Waals surface area contributed by atoms with Gasteiger partial charge in [-0.25, -0.2) is 4.79 Å². The molecule has 2 aromatic rings. The van der Waals surface area contributed by atoms with E-state index in [1.165, 1.54) is 13.0 Å². The van der Waals surface area contributed by atoms with Crippen LogP contribution in [0.3, 0.4) is 0 Å². The molecule has 0 amide bonds. The topological polar surface area (TPSA) is 86.5 Å². The van der Waals surface area contributed by atoms with E-state index in [0.717, 1.165) is 28.8 Å². The predicted molar refractivity (Wildman–Crippen MR) is 98.0 cm³/mol. The highest BCUT2D eigenvalue weighted by Gasteiger charge is 2.24. The molecule has 1 atom stereocenters. The molecule has 0 N–H and O–H groups in total. The van der Waals surface area contributed by atoms with Crippen molar-refractivity contribution in [1.29, 1.82) is 0 Å². The summed E-state index contributed by atoms with van der Waals surface area (Å²) in [6, 6.07) is 7.11. The van der Waals surface area contributed by atoms with Crippen LogP contribution in [0.5, 0.6) is 0 Å². The summed E-state index contributed by atoms with van der Waals surface area (Å²) < 4.78 is 5.22. The Bertz CT molecular complexity index is 907. The van der Waals surface area contributed by atoms with E-state index in [4.69, 9.17) is 16.3 Å². The van der Waals surface area contributed by atoms with E-state index < -0.39 is 17.0 Å². The van der Waals surface area contributed by atoms with Gasteiger partial charge in [-0.2, -0.15) is 0 Å². The highest BCUT2D eigenvalue weighted by atomic mass is 35.5. The second-order valence-corrected chi connectivity index (χ2v) is 6.49. The van der Waals surface area contributed by atoms with Crippen LogP contribution in [0.15, 0.2) is 30.3 Å². The van der Waals surface area contributed by atoms with E-state index in [9.17, 15) is 19.7 Å². The molecule has 7 heteroatoms. The molecule has 0 saturated heterocycles. The van der Waals surface area contributed by atoms with Crippen molar-refractivity contribution < 1.29 is 19.2 Å². The van der Waals surface area contributed by atoms with E-state index in [1.54, 1.807) is 6.07 Å². The molecule has 0 aliphatic carbocycles. The van der Waals surface area contributed by atoms with Gasteiger partial charge in [-0.1, -0.05) is 17.7 Å². The molecule has 136 valence electrons. The molecule has 0 heterocycles. The lowest BCUT2D eigenvalue weighted by Gasteiger charge is -2.15. The Morgan fingerprint density at radius 3 is 2.23 bits per heavy atom. The van der Waals surface area contributed by atoms with Crippen LogP contribution in [0.2, 0.25) is 5.02 Å². The average molecular weight is 376 g/mol. The zero-order valence-electron chi connectivity index (χ0n) is 14.8. The molecular formula is C19H18ClNO5. The standard InChI is InChI=1S/C19H18ClNO5/c1-10-7-12(3)16(8-11(10)2)18(22)13(4)26-19(23)15-6-5-14(21(24)25)9-17(15)20/h5-9,13H,1-4H3/t13-/m0/s1. The summed E-state index contributed by atoms with van der Waals surface area (Å²) in [7, 11) is 0. The van der Waals surface area contributed by atoms with Gasteiger partial charge in [0.05, 0.1) is 15.5 Å². The van der Waals surface area contributed by atoms with Crippen LogP contribution in [0.25, 0.3) is 0 Å². The summed E-state index contributed by atoms with van der Waals surface area (Å²) >= 11 is 5.92. The maximum Gasteiger partial charge on any atom is 0.340 e. The number of nitro groups is 1. The number of Topliss-reactive ketones (excluding diaryl/α,β-unsaturated/α-hetero) is 1. The van der Waals surface area contributed by atoms with Crippen molar-refractivity contribution in [3.05, 3.63) is 73.3 Å². The monoisotopic (exact) mass is 375 g/mol. The number of ether oxygens (including phenoxy) is 1. The smallest absolute Gasteiger partial charge is 0.340 e. The highest BCUT2D eigenvalue weighted by Crippen LogP contribution is 2.24. The molecule has 0 aromatic heterocycles. The van der Waals surface area contributed by atoms with Crippen molar-refractivity contribution in [2.24, 2.45) is 0 Å². The Morgan fingerprint density at radius 1 is 1.04 bits per heavy atom. The number of nitrogens with zero attached hydrogens (tertiary/aromatic N) is 1. The maximum absolute atomic E-state index is 12.6. The van der Waals surface area contributed by atoms with Gasteiger partial charge in [0.25, 0.3) is 5.69 Å². The number of hydrogen-bond acceptors (Lipinski definition) is 5. The Hall–Kier alpha value is -2.73. The Balaban J connectivity index is 2.20. The first-order valence-electron chi connectivity index (χ1n) is 7.88. The number of nitro benzene ring substituents is 1. The lowest BCUT2D eigenvalue weighted by atomic mass is 9.96. The number of non-ortho nitro benzene ring substituents is 1. The number of carbonyl (C=O) groups is 2. The zero-order valence-corrected chi connectivity index (χ0v) is 15.6. The van der Waals surface area contributed by atoms with E-state index in [1.807, 2.05) is 26.8 Å². The SMILES string of the molecule is Cc1cc(C)c(C(=O)[C@H](C)OC(=O)c2ccc([N+](=O)[O-])cc2Cl)cc1C. The zero-order chi connectivity index (χ0) is 19.6. The third-order valence-electron chi connectivity index (χ3n) is 4.14. The van der Waals surface area contributed by atoms with Gasteiger partial charge in [0.2, 0.25) is 5.78 Å². The minimum atomic E-state index is -1.02. The molecule has 6 nitrogen and oxygen atoms in total. The average Bonchev–Trinajstić information content (AvgIpc) is 2.57. The molecule has 0 aliphatic heterocycles. The second kappa shape index (κ2) is 7.66. The van der Waals surface area contributed by atoms with Gasteiger partial charge in [0.15, 0.2) is 6.10 Å². The number of carbonyl (C=O) groups excluding carboxylic acids is 2. The van der Waals surface area contributed by atoms with Crippen molar-refractivity contribution in [3.8, 4) is 0 Å². The normalized spacial score (nSPS) is 11.7. The van der Waals surface area contributed by atoms with E-state index in [-0.39, 0.29) is 22.1 Å². The van der Waals surface area contributed by atoms with Crippen LogP contribution in [-0.2, 0) is 4.74 Å². The number of hydrogen-bond donors (Lipinski definition) is 0. The predicted octanol–water partition coefficient (Wildman–Crippen LogP) is 4.60. The van der Waals surface area contributed by atoms with Crippen LogP contribution < -0.4 is 0 Å². The molecule has 2 aromatic carbocycles. The van der Waals surface area contributed by atoms with Gasteiger partial charge >= 0.3 is 5.97 Å². The molecule has 26 heavy (non-hydrogen) atoms. The van der Waals surface area contributed by atoms with E-state index >= 15 is 0 Å². The summed E-state index contributed by atoms with van der Waals surface area (Å²) in [6.07, 6.45) is -1.02. The van der Waals surface area contributed by atoms with Crippen LogP contribution in [0.1, 0.15) is 44.3 Å². The van der Waals surface area contributed by atoms with Gasteiger partial charge in [-0.15, -0.1) is 0 Å². The maximum atomic E-state index is 12.6. The van der Waals surface area contributed by atoms with Crippen LogP contribution in [-0.4, -0.2) is 22.8 Å². The van der Waals surface area contributed by atoms with Crippen LogP contribution >= 0.6 is 11.6 Å². The number of esters is 1. The second-order valence-electron chi connectivity index (χ2n) is 6.08. The number of benzene rings is 2. The quantitative estimate of drug-likeness (QED) is 0.330. The fourth-order valence-electron chi connectivity index (χ4n) is 2.51. The van der Waals surface area contributed by atoms with Crippen molar-refractivity contribution in [1.82, 2.24) is 0 Å². The summed E-state index contributed by atoms with van der Waals surface area (Å²) in [6.45, 7) is 7.16. The number of rotatable bonds is 5. The first-order valence-corrected chi connectivity index (χ1v) is 8.26. The molecular weight excluding hydrogens is 358 g/mol. The van der Waals surface area contributed by atoms with Gasteiger partial charge < -0.3 is 4.74 Å². The molecule has 2 rings (SSSR count).